The van der Waals surface area contributed by atoms with Gasteiger partial charge in [-0.05, 0) is 71.7 Å². The molecule has 0 aromatic carbocycles. The van der Waals surface area contributed by atoms with Gasteiger partial charge in [-0.1, -0.05) is 0 Å². The summed E-state index contributed by atoms with van der Waals surface area (Å²) in [5.74, 6) is 0. The third-order valence-corrected chi connectivity index (χ3v) is 4.43. The van der Waals surface area contributed by atoms with Gasteiger partial charge < -0.3 is 9.31 Å². The molecule has 0 atom stereocenters. The number of hydrogen-bond acceptors (Lipinski definition) is 3. The van der Waals surface area contributed by atoms with Crippen molar-refractivity contribution in [3.05, 3.63) is 21.2 Å². The minimum atomic E-state index is -0.438. The van der Waals surface area contributed by atoms with Crippen molar-refractivity contribution in [2.45, 2.75) is 38.9 Å². The molecule has 92 valence electrons. The van der Waals surface area contributed by atoms with Crippen molar-refractivity contribution in [2.24, 2.45) is 0 Å². The highest BCUT2D eigenvalue weighted by Crippen LogP contribution is 2.36. The van der Waals surface area contributed by atoms with Gasteiger partial charge in [0.2, 0.25) is 0 Å². The molecular weight excluding hydrogens is 349 g/mol. The SMILES string of the molecule is CC1(C)OB(c2nc(Br)ccc2Br)OC1(C)C. The van der Waals surface area contributed by atoms with Crippen molar-refractivity contribution < 1.29 is 9.31 Å². The minimum absolute atomic E-state index is 0.346. The number of hydrogen-bond donors (Lipinski definition) is 0. The second kappa shape index (κ2) is 4.33. The maximum atomic E-state index is 5.95. The van der Waals surface area contributed by atoms with Crippen molar-refractivity contribution >= 4 is 44.6 Å². The molecule has 1 fully saturated rings. The van der Waals surface area contributed by atoms with Gasteiger partial charge in [0.05, 0.1) is 16.8 Å². The monoisotopic (exact) mass is 361 g/mol. The highest BCUT2D eigenvalue weighted by Gasteiger charge is 2.52. The van der Waals surface area contributed by atoms with E-state index in [1.807, 2.05) is 39.8 Å². The van der Waals surface area contributed by atoms with Crippen molar-refractivity contribution in [1.29, 1.82) is 0 Å². The molecule has 1 aromatic rings. The van der Waals surface area contributed by atoms with Crippen LogP contribution in [0.15, 0.2) is 21.2 Å². The molecule has 0 spiro atoms. The van der Waals surface area contributed by atoms with Gasteiger partial charge in [0.25, 0.3) is 0 Å². The van der Waals surface area contributed by atoms with Gasteiger partial charge in [-0.15, -0.1) is 0 Å². The van der Waals surface area contributed by atoms with Crippen molar-refractivity contribution in [1.82, 2.24) is 4.98 Å². The van der Waals surface area contributed by atoms with Crippen LogP contribution >= 0.6 is 31.9 Å². The minimum Gasteiger partial charge on any atom is -0.398 e. The fourth-order valence-corrected chi connectivity index (χ4v) is 2.28. The lowest BCUT2D eigenvalue weighted by Gasteiger charge is -2.32. The van der Waals surface area contributed by atoms with Gasteiger partial charge >= 0.3 is 7.12 Å². The van der Waals surface area contributed by atoms with E-state index in [1.165, 1.54) is 0 Å². The average Bonchev–Trinajstić information content (AvgIpc) is 2.40. The smallest absolute Gasteiger partial charge is 0.398 e. The molecule has 1 aliphatic rings. The van der Waals surface area contributed by atoms with Crippen LogP contribution in [0.4, 0.5) is 0 Å². The predicted molar refractivity (Wildman–Crippen MR) is 75.4 cm³/mol. The Morgan fingerprint density at radius 1 is 1.06 bits per heavy atom. The largest absolute Gasteiger partial charge is 0.515 e. The fraction of sp³-hybridized carbons (Fsp3) is 0.545. The van der Waals surface area contributed by atoms with E-state index in [9.17, 15) is 0 Å². The fourth-order valence-electron chi connectivity index (χ4n) is 1.55. The molecule has 6 heteroatoms. The molecule has 0 bridgehead atoms. The molecule has 0 N–H and O–H groups in total. The summed E-state index contributed by atoms with van der Waals surface area (Å²) in [6.45, 7) is 8.11. The summed E-state index contributed by atoms with van der Waals surface area (Å²) in [7, 11) is -0.438. The molecule has 2 rings (SSSR count). The molecule has 0 saturated carbocycles. The summed E-state index contributed by atoms with van der Waals surface area (Å²) in [6.07, 6.45) is 0. The number of halogens is 2. The summed E-state index contributed by atoms with van der Waals surface area (Å²) < 4.78 is 13.6. The molecule has 1 aromatic heterocycles. The Morgan fingerprint density at radius 3 is 2.12 bits per heavy atom. The third-order valence-electron chi connectivity index (χ3n) is 3.32. The van der Waals surface area contributed by atoms with Gasteiger partial charge in [0.15, 0.2) is 0 Å². The molecule has 0 aliphatic carbocycles. The zero-order chi connectivity index (χ0) is 12.8. The molecule has 2 heterocycles. The normalized spacial score (nSPS) is 21.9. The van der Waals surface area contributed by atoms with Crippen LogP contribution in [-0.4, -0.2) is 23.3 Å². The highest BCUT2D eigenvalue weighted by molar-refractivity contribution is 9.11. The first-order valence-corrected chi connectivity index (χ1v) is 6.99. The van der Waals surface area contributed by atoms with Crippen LogP contribution in [0.3, 0.4) is 0 Å². The first-order valence-electron chi connectivity index (χ1n) is 5.40. The number of pyridine rings is 1. The molecule has 1 saturated heterocycles. The zero-order valence-corrected chi connectivity index (χ0v) is 13.4. The first kappa shape index (κ1) is 13.5. The van der Waals surface area contributed by atoms with Gasteiger partial charge in [0.1, 0.15) is 4.60 Å². The van der Waals surface area contributed by atoms with Gasteiger partial charge in [-0.3, -0.25) is 0 Å². The van der Waals surface area contributed by atoms with Crippen LogP contribution in [0.25, 0.3) is 0 Å². The topological polar surface area (TPSA) is 31.4 Å². The van der Waals surface area contributed by atoms with E-state index in [-0.39, 0.29) is 11.2 Å². The van der Waals surface area contributed by atoms with E-state index in [2.05, 4.69) is 36.8 Å². The second-order valence-electron chi connectivity index (χ2n) is 5.09. The van der Waals surface area contributed by atoms with Crippen LogP contribution in [0.1, 0.15) is 27.7 Å². The van der Waals surface area contributed by atoms with Crippen LogP contribution in [0.5, 0.6) is 0 Å². The maximum Gasteiger partial charge on any atom is 0.515 e. The molecule has 17 heavy (non-hydrogen) atoms. The van der Waals surface area contributed by atoms with Crippen LogP contribution in [0.2, 0.25) is 0 Å². The summed E-state index contributed by atoms with van der Waals surface area (Å²) >= 11 is 6.83. The van der Waals surface area contributed by atoms with E-state index in [4.69, 9.17) is 9.31 Å². The Kier molecular flexibility index (Phi) is 3.45. The van der Waals surface area contributed by atoms with E-state index in [0.29, 0.717) is 0 Å². The molecule has 0 radical (unpaired) electrons. The number of nitrogens with zero attached hydrogens (tertiary/aromatic N) is 1. The summed E-state index contributed by atoms with van der Waals surface area (Å²) in [6, 6.07) is 3.80. The number of rotatable bonds is 1. The Hall–Kier alpha value is 0.0949. The highest BCUT2D eigenvalue weighted by atomic mass is 79.9. The van der Waals surface area contributed by atoms with E-state index >= 15 is 0 Å². The zero-order valence-electron chi connectivity index (χ0n) is 10.3. The summed E-state index contributed by atoms with van der Waals surface area (Å²) in [4.78, 5) is 4.41. The third kappa shape index (κ3) is 2.45. The maximum absolute atomic E-state index is 5.95. The number of aromatic nitrogens is 1. The summed E-state index contributed by atoms with van der Waals surface area (Å²) in [5, 5.41) is 0. The second-order valence-corrected chi connectivity index (χ2v) is 6.76. The van der Waals surface area contributed by atoms with Crippen molar-refractivity contribution in [2.75, 3.05) is 0 Å². The molecular formula is C11H14BBr2NO2. The van der Waals surface area contributed by atoms with E-state index in [0.717, 1.165) is 14.7 Å². The van der Waals surface area contributed by atoms with E-state index < -0.39 is 7.12 Å². The first-order chi connectivity index (χ1) is 7.73. The van der Waals surface area contributed by atoms with Crippen LogP contribution in [0, 0.1) is 0 Å². The van der Waals surface area contributed by atoms with Crippen molar-refractivity contribution in [3.8, 4) is 0 Å². The quantitative estimate of drug-likeness (QED) is 0.568. The standard InChI is InChI=1S/C11H14BBr2NO2/c1-10(2)11(3,4)17-12(16-10)9-7(13)5-6-8(14)15-9/h5-6H,1-4H3. The Bertz CT molecular complexity index is 435. The van der Waals surface area contributed by atoms with Crippen molar-refractivity contribution in [3.63, 3.8) is 0 Å². The molecule has 0 unspecified atom stereocenters. The van der Waals surface area contributed by atoms with Gasteiger partial charge in [-0.25, -0.2) is 4.98 Å². The van der Waals surface area contributed by atoms with Crippen LogP contribution < -0.4 is 5.59 Å². The Labute approximate surface area is 119 Å². The molecule has 1 aliphatic heterocycles. The average molecular weight is 363 g/mol. The predicted octanol–water partition coefficient (Wildman–Crippen LogP) is 2.91. The van der Waals surface area contributed by atoms with E-state index in [1.54, 1.807) is 0 Å². The Balaban J connectivity index is 2.35. The van der Waals surface area contributed by atoms with Gasteiger partial charge in [-0.2, -0.15) is 0 Å². The lowest BCUT2D eigenvalue weighted by Crippen LogP contribution is -2.41. The van der Waals surface area contributed by atoms with Crippen LogP contribution in [-0.2, 0) is 9.31 Å². The molecule has 0 amide bonds. The van der Waals surface area contributed by atoms with Gasteiger partial charge in [0, 0.05) is 4.47 Å². The Morgan fingerprint density at radius 2 is 1.59 bits per heavy atom. The lowest BCUT2D eigenvalue weighted by atomic mass is 9.84. The lowest BCUT2D eigenvalue weighted by molar-refractivity contribution is 0.00578. The summed E-state index contributed by atoms with van der Waals surface area (Å²) in [5.41, 5.74) is 0.0698. The molecule has 3 nitrogen and oxygen atoms in total.